The third-order valence-electron chi connectivity index (χ3n) is 4.22. The molecule has 0 saturated heterocycles. The number of carboxylic acid groups (broad SMARTS) is 1. The van der Waals surface area contributed by atoms with Crippen LogP contribution in [0.15, 0.2) is 24.3 Å². The predicted molar refractivity (Wildman–Crippen MR) is 77.6 cm³/mol. The van der Waals surface area contributed by atoms with E-state index in [1.54, 1.807) is 0 Å². The molecule has 0 radical (unpaired) electrons. The van der Waals surface area contributed by atoms with E-state index in [0.717, 1.165) is 12.8 Å². The van der Waals surface area contributed by atoms with Crippen molar-refractivity contribution < 1.29 is 29.6 Å². The Bertz CT molecular complexity index is 524. The fraction of sp³-hybridized carbons (Fsp3) is 0.500. The van der Waals surface area contributed by atoms with E-state index < -0.39 is 18.0 Å². The van der Waals surface area contributed by atoms with Crippen LogP contribution in [0.5, 0.6) is 0 Å². The summed E-state index contributed by atoms with van der Waals surface area (Å²) in [4.78, 5) is 22.9. The van der Waals surface area contributed by atoms with Crippen LogP contribution in [0.25, 0.3) is 0 Å². The molecule has 6 heteroatoms. The van der Waals surface area contributed by atoms with E-state index in [2.05, 4.69) is 0 Å². The van der Waals surface area contributed by atoms with Gasteiger partial charge in [0.25, 0.3) is 0 Å². The molecule has 0 spiro atoms. The van der Waals surface area contributed by atoms with Crippen molar-refractivity contribution in [1.82, 2.24) is 0 Å². The smallest absolute Gasteiger partial charge is 0.338 e. The number of aromatic carboxylic acids is 1. The van der Waals surface area contributed by atoms with E-state index in [1.165, 1.54) is 24.3 Å². The highest BCUT2D eigenvalue weighted by Crippen LogP contribution is 2.32. The Balaban J connectivity index is 2.05. The number of carbonyl (C=O) groups is 2. The molecule has 0 amide bonds. The normalized spacial score (nSPS) is 24.7. The van der Waals surface area contributed by atoms with Crippen molar-refractivity contribution in [2.24, 2.45) is 11.8 Å². The summed E-state index contributed by atoms with van der Waals surface area (Å²) >= 11 is 0. The third-order valence-corrected chi connectivity index (χ3v) is 4.22. The van der Waals surface area contributed by atoms with Crippen molar-refractivity contribution >= 4 is 11.9 Å². The zero-order chi connectivity index (χ0) is 16.1. The molecule has 3 atom stereocenters. The topological polar surface area (TPSA) is 104 Å². The predicted octanol–water partition coefficient (Wildman–Crippen LogP) is 1.31. The van der Waals surface area contributed by atoms with Gasteiger partial charge in [0.2, 0.25) is 0 Å². The second-order valence-corrected chi connectivity index (χ2v) is 5.55. The molecular formula is C16H20O6. The summed E-state index contributed by atoms with van der Waals surface area (Å²) < 4.78 is 5.46. The lowest BCUT2D eigenvalue weighted by Crippen LogP contribution is -2.39. The number of ether oxygens (including phenoxy) is 1. The molecule has 1 aromatic rings. The Morgan fingerprint density at radius 3 is 2.23 bits per heavy atom. The van der Waals surface area contributed by atoms with Gasteiger partial charge >= 0.3 is 11.9 Å². The monoisotopic (exact) mass is 308 g/mol. The second kappa shape index (κ2) is 7.38. The number of benzene rings is 1. The van der Waals surface area contributed by atoms with Gasteiger partial charge in [0, 0.05) is 19.1 Å². The van der Waals surface area contributed by atoms with Gasteiger partial charge in [-0.05, 0) is 49.4 Å². The number of hydrogen-bond acceptors (Lipinski definition) is 5. The van der Waals surface area contributed by atoms with Crippen molar-refractivity contribution in [3.63, 3.8) is 0 Å². The maximum absolute atomic E-state index is 12.1. The third kappa shape index (κ3) is 3.64. The number of esters is 1. The first-order chi connectivity index (χ1) is 10.6. The van der Waals surface area contributed by atoms with Crippen LogP contribution in [0, 0.1) is 11.8 Å². The summed E-state index contributed by atoms with van der Waals surface area (Å²) in [5.41, 5.74) is 0.371. The lowest BCUT2D eigenvalue weighted by atomic mass is 9.78. The van der Waals surface area contributed by atoms with E-state index in [4.69, 9.17) is 9.84 Å². The Labute approximate surface area is 128 Å². The quantitative estimate of drug-likeness (QED) is 0.709. The van der Waals surface area contributed by atoms with Crippen LogP contribution >= 0.6 is 0 Å². The molecule has 1 aliphatic rings. The molecule has 0 aliphatic heterocycles. The summed E-state index contributed by atoms with van der Waals surface area (Å²) in [6.45, 7) is -0.173. The van der Waals surface area contributed by atoms with E-state index in [9.17, 15) is 19.8 Å². The first kappa shape index (κ1) is 16.5. The average molecular weight is 308 g/mol. The van der Waals surface area contributed by atoms with Crippen LogP contribution < -0.4 is 0 Å². The molecule has 120 valence electrons. The molecule has 0 heterocycles. The van der Waals surface area contributed by atoms with Gasteiger partial charge in [0.15, 0.2) is 0 Å². The largest absolute Gasteiger partial charge is 0.478 e. The lowest BCUT2D eigenvalue weighted by Gasteiger charge is -2.35. The number of carbonyl (C=O) groups excluding carboxylic acids is 1. The maximum atomic E-state index is 12.1. The van der Waals surface area contributed by atoms with Gasteiger partial charge in [-0.3, -0.25) is 0 Å². The van der Waals surface area contributed by atoms with Gasteiger partial charge in [-0.25, -0.2) is 9.59 Å². The summed E-state index contributed by atoms with van der Waals surface area (Å²) in [5.74, 6) is -1.93. The van der Waals surface area contributed by atoms with E-state index in [-0.39, 0.29) is 36.2 Å². The molecule has 1 aliphatic carbocycles. The van der Waals surface area contributed by atoms with Gasteiger partial charge in [0.05, 0.1) is 11.1 Å². The van der Waals surface area contributed by atoms with Crippen LogP contribution in [0.3, 0.4) is 0 Å². The standard InChI is InChI=1S/C16H20O6/c17-8-12-2-1-3-14(13(12)9-18)22-16(21)11-6-4-10(5-7-11)15(19)20/h4-7,12-14,17-18H,1-3,8-9H2,(H,19,20). The summed E-state index contributed by atoms with van der Waals surface area (Å²) in [6.07, 6.45) is 1.86. The van der Waals surface area contributed by atoms with Crippen molar-refractivity contribution in [2.75, 3.05) is 13.2 Å². The Morgan fingerprint density at radius 2 is 1.68 bits per heavy atom. The number of rotatable bonds is 5. The SMILES string of the molecule is O=C(O)c1ccc(C(=O)OC2CCCC(CO)C2CO)cc1. The molecule has 0 aromatic heterocycles. The molecule has 1 saturated carbocycles. The molecule has 1 aromatic carbocycles. The minimum atomic E-state index is -1.06. The van der Waals surface area contributed by atoms with Crippen LogP contribution in [-0.4, -0.2) is 46.6 Å². The van der Waals surface area contributed by atoms with Gasteiger partial charge in [-0.2, -0.15) is 0 Å². The van der Waals surface area contributed by atoms with Crippen molar-refractivity contribution in [3.05, 3.63) is 35.4 Å². The van der Waals surface area contributed by atoms with E-state index >= 15 is 0 Å². The van der Waals surface area contributed by atoms with E-state index in [0.29, 0.717) is 6.42 Å². The fourth-order valence-corrected chi connectivity index (χ4v) is 2.91. The summed E-state index contributed by atoms with van der Waals surface area (Å²) in [6, 6.07) is 5.51. The minimum absolute atomic E-state index is 0.0351. The molecule has 1 fully saturated rings. The highest BCUT2D eigenvalue weighted by molar-refractivity contribution is 5.92. The zero-order valence-electron chi connectivity index (χ0n) is 12.1. The number of aliphatic hydroxyl groups is 2. The highest BCUT2D eigenvalue weighted by atomic mass is 16.5. The Morgan fingerprint density at radius 1 is 1.05 bits per heavy atom. The molecular weight excluding hydrogens is 288 g/mol. The van der Waals surface area contributed by atoms with Crippen LogP contribution in [0.1, 0.15) is 40.0 Å². The maximum Gasteiger partial charge on any atom is 0.338 e. The van der Waals surface area contributed by atoms with Gasteiger partial charge in [0.1, 0.15) is 6.10 Å². The summed E-state index contributed by atoms with van der Waals surface area (Å²) in [5, 5.41) is 27.6. The Hall–Kier alpha value is -1.92. The first-order valence-electron chi connectivity index (χ1n) is 7.33. The fourth-order valence-electron chi connectivity index (χ4n) is 2.91. The molecule has 3 unspecified atom stereocenters. The molecule has 3 N–H and O–H groups in total. The molecule has 0 bridgehead atoms. The first-order valence-corrected chi connectivity index (χ1v) is 7.33. The number of aliphatic hydroxyl groups excluding tert-OH is 2. The second-order valence-electron chi connectivity index (χ2n) is 5.55. The van der Waals surface area contributed by atoms with Crippen molar-refractivity contribution in [2.45, 2.75) is 25.4 Å². The zero-order valence-corrected chi connectivity index (χ0v) is 12.1. The van der Waals surface area contributed by atoms with Gasteiger partial charge in [-0.1, -0.05) is 0 Å². The highest BCUT2D eigenvalue weighted by Gasteiger charge is 2.35. The van der Waals surface area contributed by atoms with Crippen LogP contribution in [0.4, 0.5) is 0 Å². The summed E-state index contributed by atoms with van der Waals surface area (Å²) in [7, 11) is 0. The average Bonchev–Trinajstić information content (AvgIpc) is 2.54. The van der Waals surface area contributed by atoms with Crippen molar-refractivity contribution in [3.8, 4) is 0 Å². The molecule has 6 nitrogen and oxygen atoms in total. The molecule has 22 heavy (non-hydrogen) atoms. The van der Waals surface area contributed by atoms with Gasteiger partial charge in [-0.15, -0.1) is 0 Å². The molecule has 2 rings (SSSR count). The Kier molecular flexibility index (Phi) is 5.51. The number of carboxylic acids is 1. The lowest BCUT2D eigenvalue weighted by molar-refractivity contribution is -0.0400. The van der Waals surface area contributed by atoms with Crippen LogP contribution in [-0.2, 0) is 4.74 Å². The van der Waals surface area contributed by atoms with Crippen LogP contribution in [0.2, 0.25) is 0 Å². The minimum Gasteiger partial charge on any atom is -0.478 e. The number of hydrogen-bond donors (Lipinski definition) is 3. The van der Waals surface area contributed by atoms with E-state index in [1.807, 2.05) is 0 Å². The van der Waals surface area contributed by atoms with Gasteiger partial charge < -0.3 is 20.1 Å². The van der Waals surface area contributed by atoms with Crippen molar-refractivity contribution in [1.29, 1.82) is 0 Å².